The van der Waals surface area contributed by atoms with Gasteiger partial charge in [-0.2, -0.15) is 0 Å². The summed E-state index contributed by atoms with van der Waals surface area (Å²) in [5.74, 6) is -0.0101. The molecule has 3 nitrogen and oxygen atoms in total. The van der Waals surface area contributed by atoms with Gasteiger partial charge in [0, 0.05) is 24.8 Å². The first kappa shape index (κ1) is 19.1. The van der Waals surface area contributed by atoms with E-state index in [1.165, 1.54) is 11.3 Å². The van der Waals surface area contributed by atoms with Gasteiger partial charge in [-0.15, -0.1) is 11.3 Å². The number of nitrogens with one attached hydrogen (secondary N) is 1. The molecule has 4 heteroatoms. The van der Waals surface area contributed by atoms with E-state index in [2.05, 4.69) is 29.6 Å². The van der Waals surface area contributed by atoms with Crippen molar-refractivity contribution in [3.05, 3.63) is 94.2 Å². The van der Waals surface area contributed by atoms with E-state index in [-0.39, 0.29) is 36.5 Å². The molecule has 1 heterocycles. The fourth-order valence-electron chi connectivity index (χ4n) is 3.29. The van der Waals surface area contributed by atoms with Crippen LogP contribution in [0, 0.1) is 0 Å². The maximum atomic E-state index is 12.4. The lowest BCUT2D eigenvalue weighted by Gasteiger charge is -2.26. The molecule has 1 aromatic heterocycles. The second kappa shape index (κ2) is 9.28. The molecule has 27 heavy (non-hydrogen) atoms. The fraction of sp³-hybridized carbons (Fsp3) is 0.217. The predicted molar refractivity (Wildman–Crippen MR) is 110 cm³/mol. The SMILES string of the molecule is CC(NC(=O)CCC(=O)c1cccs1)C(c1ccccc1)c1ccccc1. The maximum Gasteiger partial charge on any atom is 0.220 e. The third-order valence-electron chi connectivity index (χ3n) is 4.58. The Labute approximate surface area is 164 Å². The van der Waals surface area contributed by atoms with E-state index < -0.39 is 0 Å². The Balaban J connectivity index is 1.66. The second-order valence-corrected chi connectivity index (χ2v) is 7.50. The van der Waals surface area contributed by atoms with Crippen molar-refractivity contribution in [2.24, 2.45) is 0 Å². The summed E-state index contributed by atoms with van der Waals surface area (Å²) in [7, 11) is 0. The van der Waals surface area contributed by atoms with Crippen LogP contribution in [-0.2, 0) is 4.79 Å². The largest absolute Gasteiger partial charge is 0.353 e. The Morgan fingerprint density at radius 1 is 0.852 bits per heavy atom. The van der Waals surface area contributed by atoms with Gasteiger partial charge in [-0.3, -0.25) is 9.59 Å². The molecule has 0 fully saturated rings. The molecule has 2 aromatic carbocycles. The van der Waals surface area contributed by atoms with Crippen molar-refractivity contribution < 1.29 is 9.59 Å². The zero-order chi connectivity index (χ0) is 19.1. The van der Waals surface area contributed by atoms with Crippen LogP contribution in [0.15, 0.2) is 78.2 Å². The van der Waals surface area contributed by atoms with E-state index >= 15 is 0 Å². The molecule has 3 aromatic rings. The van der Waals surface area contributed by atoms with Crippen molar-refractivity contribution in [2.75, 3.05) is 0 Å². The highest BCUT2D eigenvalue weighted by Crippen LogP contribution is 2.28. The molecular weight excluding hydrogens is 354 g/mol. The summed E-state index contributed by atoms with van der Waals surface area (Å²) in [6.45, 7) is 2.02. The minimum atomic E-state index is -0.0933. The van der Waals surface area contributed by atoms with Gasteiger partial charge in [0.25, 0.3) is 0 Å². The zero-order valence-corrected chi connectivity index (χ0v) is 16.1. The van der Waals surface area contributed by atoms with E-state index in [1.54, 1.807) is 6.07 Å². The summed E-state index contributed by atoms with van der Waals surface area (Å²) in [6.07, 6.45) is 0.442. The Hall–Kier alpha value is -2.72. The quantitative estimate of drug-likeness (QED) is 0.559. The van der Waals surface area contributed by atoms with E-state index in [1.807, 2.05) is 54.8 Å². The van der Waals surface area contributed by atoms with E-state index in [0.717, 1.165) is 11.1 Å². The lowest BCUT2D eigenvalue weighted by molar-refractivity contribution is -0.121. The molecule has 1 unspecified atom stereocenters. The van der Waals surface area contributed by atoms with Crippen LogP contribution in [0.4, 0.5) is 0 Å². The first-order valence-corrected chi connectivity index (χ1v) is 9.99. The van der Waals surface area contributed by atoms with Crippen LogP contribution in [0.2, 0.25) is 0 Å². The van der Waals surface area contributed by atoms with E-state index in [0.29, 0.717) is 4.88 Å². The van der Waals surface area contributed by atoms with Gasteiger partial charge >= 0.3 is 0 Å². The number of amides is 1. The molecule has 3 rings (SSSR count). The van der Waals surface area contributed by atoms with E-state index in [9.17, 15) is 9.59 Å². The van der Waals surface area contributed by atoms with Crippen LogP contribution in [0.1, 0.15) is 46.5 Å². The summed E-state index contributed by atoms with van der Waals surface area (Å²) in [4.78, 5) is 25.2. The van der Waals surface area contributed by atoms with Gasteiger partial charge in [-0.1, -0.05) is 66.7 Å². The molecule has 0 aliphatic heterocycles. The van der Waals surface area contributed by atoms with Crippen LogP contribution >= 0.6 is 11.3 Å². The minimum Gasteiger partial charge on any atom is -0.353 e. The molecule has 1 atom stereocenters. The first-order chi connectivity index (χ1) is 13.1. The standard InChI is InChI=1S/C23H23NO2S/c1-17(24-22(26)15-14-20(25)21-13-8-16-27-21)23(18-9-4-2-5-10-18)19-11-6-3-7-12-19/h2-13,16-17,23H,14-15H2,1H3,(H,24,26). The number of thiophene rings is 1. The number of carbonyl (C=O) groups excluding carboxylic acids is 2. The number of hydrogen-bond donors (Lipinski definition) is 1. The monoisotopic (exact) mass is 377 g/mol. The summed E-state index contributed by atoms with van der Waals surface area (Å²) < 4.78 is 0. The minimum absolute atomic E-state index is 0.0236. The molecule has 0 aliphatic rings. The Bertz CT molecular complexity index is 820. The molecule has 0 bridgehead atoms. The predicted octanol–water partition coefficient (Wildman–Crippen LogP) is 5.05. The summed E-state index contributed by atoms with van der Waals surface area (Å²) in [6, 6.07) is 23.9. The fourth-order valence-corrected chi connectivity index (χ4v) is 3.98. The molecule has 0 aliphatic carbocycles. The van der Waals surface area contributed by atoms with Crippen molar-refractivity contribution in [3.63, 3.8) is 0 Å². The van der Waals surface area contributed by atoms with Gasteiger partial charge < -0.3 is 5.32 Å². The third kappa shape index (κ3) is 5.14. The third-order valence-corrected chi connectivity index (χ3v) is 5.49. The van der Waals surface area contributed by atoms with Crippen molar-refractivity contribution in [1.82, 2.24) is 5.32 Å². The molecule has 0 radical (unpaired) electrons. The molecule has 0 saturated carbocycles. The highest BCUT2D eigenvalue weighted by molar-refractivity contribution is 7.12. The van der Waals surface area contributed by atoms with Gasteiger partial charge in [0.1, 0.15) is 0 Å². The van der Waals surface area contributed by atoms with Crippen LogP contribution in [0.25, 0.3) is 0 Å². The summed E-state index contributed by atoms with van der Waals surface area (Å²) >= 11 is 1.41. The van der Waals surface area contributed by atoms with E-state index in [4.69, 9.17) is 0 Å². The highest BCUT2D eigenvalue weighted by Gasteiger charge is 2.23. The van der Waals surface area contributed by atoms with Crippen molar-refractivity contribution in [2.45, 2.75) is 31.7 Å². The smallest absolute Gasteiger partial charge is 0.220 e. The number of rotatable bonds is 8. The number of carbonyl (C=O) groups is 2. The average Bonchev–Trinajstić information content (AvgIpc) is 3.23. The Kier molecular flexibility index (Phi) is 6.55. The van der Waals surface area contributed by atoms with Gasteiger partial charge in [-0.25, -0.2) is 0 Å². The second-order valence-electron chi connectivity index (χ2n) is 6.56. The van der Waals surface area contributed by atoms with Gasteiger partial charge in [0.15, 0.2) is 5.78 Å². The van der Waals surface area contributed by atoms with Crippen LogP contribution in [0.3, 0.4) is 0 Å². The Morgan fingerprint density at radius 3 is 1.96 bits per heavy atom. The van der Waals surface area contributed by atoms with Gasteiger partial charge in [0.2, 0.25) is 5.91 Å². The zero-order valence-electron chi connectivity index (χ0n) is 15.3. The molecular formula is C23H23NO2S. The molecule has 138 valence electrons. The lowest BCUT2D eigenvalue weighted by atomic mass is 9.85. The average molecular weight is 378 g/mol. The van der Waals surface area contributed by atoms with Crippen LogP contribution < -0.4 is 5.32 Å². The number of hydrogen-bond acceptors (Lipinski definition) is 3. The van der Waals surface area contributed by atoms with Gasteiger partial charge in [0.05, 0.1) is 4.88 Å². The molecule has 0 saturated heterocycles. The van der Waals surface area contributed by atoms with Crippen molar-refractivity contribution in [1.29, 1.82) is 0 Å². The first-order valence-electron chi connectivity index (χ1n) is 9.11. The highest BCUT2D eigenvalue weighted by atomic mass is 32.1. The normalized spacial score (nSPS) is 11.9. The Morgan fingerprint density at radius 2 is 1.44 bits per heavy atom. The maximum absolute atomic E-state index is 12.4. The topological polar surface area (TPSA) is 46.2 Å². The molecule has 0 spiro atoms. The number of ketones is 1. The number of Topliss-reactive ketones (excluding diaryl/α,β-unsaturated/α-hetero) is 1. The summed E-state index contributed by atoms with van der Waals surface area (Å²) in [5.41, 5.74) is 2.32. The molecule has 1 amide bonds. The van der Waals surface area contributed by atoms with Crippen LogP contribution in [0.5, 0.6) is 0 Å². The van der Waals surface area contributed by atoms with Crippen molar-refractivity contribution >= 4 is 23.0 Å². The lowest BCUT2D eigenvalue weighted by Crippen LogP contribution is -2.37. The van der Waals surface area contributed by atoms with Crippen LogP contribution in [-0.4, -0.2) is 17.7 Å². The summed E-state index contributed by atoms with van der Waals surface area (Å²) in [5, 5.41) is 4.96. The van der Waals surface area contributed by atoms with Gasteiger partial charge in [-0.05, 0) is 29.5 Å². The van der Waals surface area contributed by atoms with Crippen molar-refractivity contribution in [3.8, 4) is 0 Å². The molecule has 1 N–H and O–H groups in total. The number of benzene rings is 2.